The SMILES string of the molecule is CCOC(=O)C1=Nc2c(cc(F)c3cccnc23)C(=O)C1. The van der Waals surface area contributed by atoms with Crippen LogP contribution in [0.15, 0.2) is 29.4 Å². The summed E-state index contributed by atoms with van der Waals surface area (Å²) >= 11 is 0. The van der Waals surface area contributed by atoms with E-state index in [2.05, 4.69) is 9.98 Å². The third-order valence-electron chi connectivity index (χ3n) is 3.20. The number of hydrogen-bond acceptors (Lipinski definition) is 5. The highest BCUT2D eigenvalue weighted by Crippen LogP contribution is 2.34. The number of pyridine rings is 1. The molecular formula is C15H11FN2O3. The highest BCUT2D eigenvalue weighted by molar-refractivity contribution is 6.43. The molecule has 21 heavy (non-hydrogen) atoms. The van der Waals surface area contributed by atoms with Gasteiger partial charge in [-0.05, 0) is 25.1 Å². The molecule has 2 aromatic rings. The Hall–Kier alpha value is -2.63. The minimum Gasteiger partial charge on any atom is -0.461 e. The smallest absolute Gasteiger partial charge is 0.353 e. The highest BCUT2D eigenvalue weighted by atomic mass is 19.1. The van der Waals surface area contributed by atoms with Gasteiger partial charge in [-0.1, -0.05) is 0 Å². The number of nitrogens with zero attached hydrogens (tertiary/aromatic N) is 2. The Bertz CT molecular complexity index is 799. The number of rotatable bonds is 2. The first-order chi connectivity index (χ1) is 10.1. The number of Topliss-reactive ketones (excluding diaryl/α,β-unsaturated/α-hetero) is 1. The second-order valence-electron chi connectivity index (χ2n) is 4.53. The fourth-order valence-electron chi connectivity index (χ4n) is 2.27. The maximum atomic E-state index is 14.0. The third-order valence-corrected chi connectivity index (χ3v) is 3.20. The van der Waals surface area contributed by atoms with Crippen molar-refractivity contribution < 1.29 is 18.7 Å². The molecule has 0 saturated heterocycles. The van der Waals surface area contributed by atoms with Crippen LogP contribution in [0.5, 0.6) is 0 Å². The van der Waals surface area contributed by atoms with Gasteiger partial charge in [0.1, 0.15) is 17.2 Å². The van der Waals surface area contributed by atoms with Crippen molar-refractivity contribution >= 4 is 34.1 Å². The number of aromatic nitrogens is 1. The van der Waals surface area contributed by atoms with Crippen molar-refractivity contribution in [3.05, 3.63) is 35.8 Å². The molecule has 1 aliphatic rings. The van der Waals surface area contributed by atoms with Crippen molar-refractivity contribution in [2.24, 2.45) is 4.99 Å². The summed E-state index contributed by atoms with van der Waals surface area (Å²) in [5, 5.41) is 0.262. The number of halogens is 1. The fraction of sp³-hybridized carbons (Fsp3) is 0.200. The van der Waals surface area contributed by atoms with Crippen LogP contribution in [0.1, 0.15) is 23.7 Å². The molecule has 106 valence electrons. The van der Waals surface area contributed by atoms with E-state index < -0.39 is 11.8 Å². The Morgan fingerprint density at radius 1 is 1.48 bits per heavy atom. The van der Waals surface area contributed by atoms with Crippen LogP contribution in [0.25, 0.3) is 10.9 Å². The lowest BCUT2D eigenvalue weighted by Crippen LogP contribution is -2.24. The van der Waals surface area contributed by atoms with Gasteiger partial charge in [0.15, 0.2) is 5.78 Å². The quantitative estimate of drug-likeness (QED) is 0.796. The van der Waals surface area contributed by atoms with Gasteiger partial charge in [0.25, 0.3) is 0 Å². The lowest BCUT2D eigenvalue weighted by molar-refractivity contribution is -0.135. The topological polar surface area (TPSA) is 68.6 Å². The largest absolute Gasteiger partial charge is 0.461 e. The minimum atomic E-state index is -0.634. The van der Waals surface area contributed by atoms with Crippen LogP contribution in [0.3, 0.4) is 0 Å². The van der Waals surface area contributed by atoms with Gasteiger partial charge in [0, 0.05) is 17.1 Å². The summed E-state index contributed by atoms with van der Waals surface area (Å²) in [5.74, 6) is -1.53. The van der Waals surface area contributed by atoms with Gasteiger partial charge in [-0.3, -0.25) is 9.78 Å². The van der Waals surface area contributed by atoms with Crippen molar-refractivity contribution in [1.82, 2.24) is 4.98 Å². The lowest BCUT2D eigenvalue weighted by Gasteiger charge is -2.15. The maximum Gasteiger partial charge on any atom is 0.353 e. The van der Waals surface area contributed by atoms with E-state index in [1.165, 1.54) is 6.20 Å². The molecule has 1 aliphatic heterocycles. The third kappa shape index (κ3) is 2.18. The van der Waals surface area contributed by atoms with Crippen LogP contribution in [-0.4, -0.2) is 29.1 Å². The molecule has 2 heterocycles. The second kappa shape index (κ2) is 5.05. The summed E-state index contributed by atoms with van der Waals surface area (Å²) in [4.78, 5) is 32.1. The van der Waals surface area contributed by atoms with Crippen molar-refractivity contribution in [2.75, 3.05) is 6.61 Å². The number of benzene rings is 1. The second-order valence-corrected chi connectivity index (χ2v) is 4.53. The molecule has 0 saturated carbocycles. The highest BCUT2D eigenvalue weighted by Gasteiger charge is 2.28. The van der Waals surface area contributed by atoms with Gasteiger partial charge < -0.3 is 4.74 Å². The van der Waals surface area contributed by atoms with E-state index in [1.54, 1.807) is 19.1 Å². The summed E-state index contributed by atoms with van der Waals surface area (Å²) in [6.07, 6.45) is 1.30. The van der Waals surface area contributed by atoms with E-state index in [0.29, 0.717) is 0 Å². The number of aliphatic imine (C=N–C) groups is 1. The summed E-state index contributed by atoms with van der Waals surface area (Å²) < 4.78 is 18.9. The Kier molecular flexibility index (Phi) is 3.21. The van der Waals surface area contributed by atoms with Gasteiger partial charge in [-0.2, -0.15) is 0 Å². The fourth-order valence-corrected chi connectivity index (χ4v) is 2.27. The number of carbonyl (C=O) groups excluding carboxylic acids is 2. The summed E-state index contributed by atoms with van der Waals surface area (Å²) in [6, 6.07) is 4.29. The molecule has 3 rings (SSSR count). The van der Waals surface area contributed by atoms with Gasteiger partial charge >= 0.3 is 5.97 Å². The predicted molar refractivity (Wildman–Crippen MR) is 74.4 cm³/mol. The van der Waals surface area contributed by atoms with Crippen LogP contribution in [-0.2, 0) is 9.53 Å². The molecular weight excluding hydrogens is 275 g/mol. The summed E-state index contributed by atoms with van der Waals surface area (Å²) in [5.41, 5.74) is 0.660. The Morgan fingerprint density at radius 2 is 2.29 bits per heavy atom. The first-order valence-electron chi connectivity index (χ1n) is 6.47. The van der Waals surface area contributed by atoms with E-state index in [0.717, 1.165) is 6.07 Å². The van der Waals surface area contributed by atoms with E-state index in [-0.39, 0.29) is 46.7 Å². The molecule has 0 unspecified atom stereocenters. The predicted octanol–water partition coefficient (Wildman–Crippen LogP) is 2.60. The molecule has 1 aromatic heterocycles. The van der Waals surface area contributed by atoms with Gasteiger partial charge in [0.2, 0.25) is 0 Å². The Balaban J connectivity index is 2.25. The first kappa shape index (κ1) is 13.4. The van der Waals surface area contributed by atoms with E-state index in [1.807, 2.05) is 0 Å². The first-order valence-corrected chi connectivity index (χ1v) is 6.47. The summed E-state index contributed by atoms with van der Waals surface area (Å²) in [6.45, 7) is 1.87. The molecule has 0 fully saturated rings. The van der Waals surface area contributed by atoms with Gasteiger partial charge in [-0.15, -0.1) is 0 Å². The minimum absolute atomic E-state index is 0.0212. The molecule has 0 bridgehead atoms. The standard InChI is InChI=1S/C15H11FN2O3/c1-2-21-15(20)11-7-12(19)9-6-10(16)8-4-3-5-17-13(8)14(9)18-11/h3-6H,2,7H2,1H3. The van der Waals surface area contributed by atoms with Crippen molar-refractivity contribution in [1.29, 1.82) is 0 Å². The average Bonchev–Trinajstić information content (AvgIpc) is 2.49. The zero-order valence-corrected chi connectivity index (χ0v) is 11.2. The zero-order valence-electron chi connectivity index (χ0n) is 11.2. The zero-order chi connectivity index (χ0) is 15.0. The number of fused-ring (bicyclic) bond motifs is 3. The van der Waals surface area contributed by atoms with Crippen LogP contribution in [0.2, 0.25) is 0 Å². The number of ether oxygens (including phenoxy) is 1. The Morgan fingerprint density at radius 3 is 3.05 bits per heavy atom. The number of esters is 1. The number of ketones is 1. The number of carbonyl (C=O) groups is 2. The molecule has 0 amide bonds. The van der Waals surface area contributed by atoms with Crippen molar-refractivity contribution in [2.45, 2.75) is 13.3 Å². The van der Waals surface area contributed by atoms with E-state index in [4.69, 9.17) is 4.74 Å². The van der Waals surface area contributed by atoms with Crippen molar-refractivity contribution in [3.63, 3.8) is 0 Å². The van der Waals surface area contributed by atoms with E-state index >= 15 is 0 Å². The monoisotopic (exact) mass is 286 g/mol. The molecule has 0 radical (unpaired) electrons. The maximum absolute atomic E-state index is 14.0. The molecule has 0 N–H and O–H groups in total. The van der Waals surface area contributed by atoms with Gasteiger partial charge in [0.05, 0.1) is 18.5 Å². The molecule has 6 heteroatoms. The van der Waals surface area contributed by atoms with Crippen LogP contribution in [0.4, 0.5) is 10.1 Å². The van der Waals surface area contributed by atoms with Crippen LogP contribution >= 0.6 is 0 Å². The molecule has 0 spiro atoms. The Labute approximate surface area is 119 Å². The van der Waals surface area contributed by atoms with Crippen molar-refractivity contribution in [3.8, 4) is 0 Å². The summed E-state index contributed by atoms with van der Waals surface area (Å²) in [7, 11) is 0. The normalized spacial score (nSPS) is 13.8. The molecule has 0 aliphatic carbocycles. The molecule has 5 nitrogen and oxygen atoms in total. The van der Waals surface area contributed by atoms with Crippen LogP contribution in [0, 0.1) is 5.82 Å². The van der Waals surface area contributed by atoms with E-state index in [9.17, 15) is 14.0 Å². The molecule has 1 aromatic carbocycles. The average molecular weight is 286 g/mol. The van der Waals surface area contributed by atoms with Gasteiger partial charge in [-0.25, -0.2) is 14.2 Å². The molecule has 0 atom stereocenters. The number of hydrogen-bond donors (Lipinski definition) is 0. The van der Waals surface area contributed by atoms with Crippen LogP contribution < -0.4 is 0 Å². The lowest BCUT2D eigenvalue weighted by atomic mass is 9.97.